The molecule has 17 heavy (non-hydrogen) atoms. The van der Waals surface area contributed by atoms with Crippen molar-refractivity contribution in [3.63, 3.8) is 0 Å². The van der Waals surface area contributed by atoms with Gasteiger partial charge in [0, 0.05) is 0 Å². The predicted molar refractivity (Wildman–Crippen MR) is 62.0 cm³/mol. The normalized spacial score (nSPS) is 13.1. The molecular formula is C10H14N2O4S. The number of amides is 1. The number of ether oxygens (including phenoxy) is 1. The number of nitrogens with one attached hydrogen (secondary N) is 1. The number of methoxy groups -OCH3 is 1. The van der Waals surface area contributed by atoms with Crippen molar-refractivity contribution >= 4 is 15.9 Å². The SMILES string of the molecule is COc1ccc(S(=O)(=O)N[C@H](C)C(N)=O)cc1. The second kappa shape index (κ2) is 5.15. The van der Waals surface area contributed by atoms with Crippen molar-refractivity contribution in [3.8, 4) is 5.75 Å². The van der Waals surface area contributed by atoms with E-state index in [2.05, 4.69) is 4.72 Å². The highest BCUT2D eigenvalue weighted by atomic mass is 32.2. The molecule has 6 nitrogen and oxygen atoms in total. The zero-order valence-corrected chi connectivity index (χ0v) is 10.3. The van der Waals surface area contributed by atoms with Gasteiger partial charge in [0.05, 0.1) is 18.0 Å². The average Bonchev–Trinajstić information content (AvgIpc) is 2.28. The Kier molecular flexibility index (Phi) is 4.08. The average molecular weight is 258 g/mol. The molecule has 1 aromatic carbocycles. The monoisotopic (exact) mass is 258 g/mol. The van der Waals surface area contributed by atoms with E-state index in [1.54, 1.807) is 0 Å². The van der Waals surface area contributed by atoms with Crippen LogP contribution in [-0.2, 0) is 14.8 Å². The third-order valence-corrected chi connectivity index (χ3v) is 3.69. The molecule has 0 spiro atoms. The summed E-state index contributed by atoms with van der Waals surface area (Å²) < 4.78 is 30.7. The van der Waals surface area contributed by atoms with Crippen molar-refractivity contribution in [1.82, 2.24) is 4.72 Å². The molecule has 0 heterocycles. The Hall–Kier alpha value is -1.60. The van der Waals surface area contributed by atoms with Crippen LogP contribution < -0.4 is 15.2 Å². The van der Waals surface area contributed by atoms with Gasteiger partial charge in [-0.3, -0.25) is 4.79 Å². The number of rotatable bonds is 5. The fraction of sp³-hybridized carbons (Fsp3) is 0.300. The van der Waals surface area contributed by atoms with Crippen LogP contribution in [0.2, 0.25) is 0 Å². The number of sulfonamides is 1. The zero-order valence-electron chi connectivity index (χ0n) is 9.51. The van der Waals surface area contributed by atoms with Crippen molar-refractivity contribution in [2.24, 2.45) is 5.73 Å². The van der Waals surface area contributed by atoms with Crippen molar-refractivity contribution in [3.05, 3.63) is 24.3 Å². The lowest BCUT2D eigenvalue weighted by Crippen LogP contribution is -2.42. The van der Waals surface area contributed by atoms with E-state index in [0.29, 0.717) is 5.75 Å². The highest BCUT2D eigenvalue weighted by Gasteiger charge is 2.20. The van der Waals surface area contributed by atoms with Crippen LogP contribution in [0.15, 0.2) is 29.2 Å². The van der Waals surface area contributed by atoms with Gasteiger partial charge in [0.15, 0.2) is 0 Å². The van der Waals surface area contributed by atoms with E-state index in [-0.39, 0.29) is 4.90 Å². The molecular weight excluding hydrogens is 244 g/mol. The molecule has 1 amide bonds. The van der Waals surface area contributed by atoms with Crippen molar-refractivity contribution < 1.29 is 17.9 Å². The van der Waals surface area contributed by atoms with E-state index < -0.39 is 22.0 Å². The standard InChI is InChI=1S/C10H14N2O4S/c1-7(10(11)13)12-17(14,15)9-5-3-8(16-2)4-6-9/h3-7,12H,1-2H3,(H2,11,13)/t7-/m1/s1. The summed E-state index contributed by atoms with van der Waals surface area (Å²) in [5.41, 5.74) is 4.98. The minimum atomic E-state index is -3.74. The Morgan fingerprint density at radius 3 is 2.29 bits per heavy atom. The third-order valence-electron chi connectivity index (χ3n) is 2.13. The number of carbonyl (C=O) groups is 1. The summed E-state index contributed by atoms with van der Waals surface area (Å²) in [6.45, 7) is 1.38. The number of hydrogen-bond donors (Lipinski definition) is 2. The molecule has 0 aliphatic heterocycles. The maximum absolute atomic E-state index is 11.8. The molecule has 3 N–H and O–H groups in total. The molecule has 0 saturated heterocycles. The molecule has 1 atom stereocenters. The molecule has 94 valence electrons. The summed E-state index contributed by atoms with van der Waals surface area (Å²) >= 11 is 0. The number of benzene rings is 1. The maximum atomic E-state index is 11.8. The summed E-state index contributed by atoms with van der Waals surface area (Å²) in [5, 5.41) is 0. The summed E-state index contributed by atoms with van der Waals surface area (Å²) in [6.07, 6.45) is 0. The van der Waals surface area contributed by atoms with Crippen LogP contribution in [0.1, 0.15) is 6.92 Å². The first-order valence-electron chi connectivity index (χ1n) is 4.82. The van der Waals surface area contributed by atoms with Gasteiger partial charge in [-0.2, -0.15) is 4.72 Å². The van der Waals surface area contributed by atoms with Gasteiger partial charge in [-0.25, -0.2) is 8.42 Å². The number of nitrogens with two attached hydrogens (primary N) is 1. The topological polar surface area (TPSA) is 98.5 Å². The molecule has 0 saturated carbocycles. The maximum Gasteiger partial charge on any atom is 0.241 e. The lowest BCUT2D eigenvalue weighted by molar-refractivity contribution is -0.119. The Bertz CT molecular complexity index is 496. The smallest absolute Gasteiger partial charge is 0.241 e. The van der Waals surface area contributed by atoms with E-state index in [1.807, 2.05) is 0 Å². The number of hydrogen-bond acceptors (Lipinski definition) is 4. The Balaban J connectivity index is 2.93. The van der Waals surface area contributed by atoms with Gasteiger partial charge in [0.2, 0.25) is 15.9 Å². The second-order valence-electron chi connectivity index (χ2n) is 3.42. The predicted octanol–water partition coefficient (Wildman–Crippen LogP) is -0.153. The molecule has 0 aliphatic carbocycles. The van der Waals surface area contributed by atoms with Gasteiger partial charge >= 0.3 is 0 Å². The molecule has 0 unspecified atom stereocenters. The lowest BCUT2D eigenvalue weighted by Gasteiger charge is -2.11. The molecule has 0 bridgehead atoms. The van der Waals surface area contributed by atoms with Gasteiger partial charge in [-0.05, 0) is 31.2 Å². The molecule has 0 aromatic heterocycles. The van der Waals surface area contributed by atoms with Gasteiger partial charge in [0.25, 0.3) is 0 Å². The van der Waals surface area contributed by atoms with Crippen LogP contribution in [0.5, 0.6) is 5.75 Å². The Labute approximate surface area is 99.8 Å². The largest absolute Gasteiger partial charge is 0.497 e. The van der Waals surface area contributed by atoms with Crippen molar-refractivity contribution in [2.75, 3.05) is 7.11 Å². The van der Waals surface area contributed by atoms with Crippen molar-refractivity contribution in [1.29, 1.82) is 0 Å². The summed E-state index contributed by atoms with van der Waals surface area (Å²) in [7, 11) is -2.25. The summed E-state index contributed by atoms with van der Waals surface area (Å²) in [6, 6.07) is 4.85. The van der Waals surface area contributed by atoms with Gasteiger partial charge < -0.3 is 10.5 Å². The Morgan fingerprint density at radius 2 is 1.88 bits per heavy atom. The molecule has 0 aliphatic rings. The fourth-order valence-electron chi connectivity index (χ4n) is 1.11. The first kappa shape index (κ1) is 13.5. The molecule has 1 rings (SSSR count). The molecule has 7 heteroatoms. The van der Waals surface area contributed by atoms with E-state index >= 15 is 0 Å². The van der Waals surface area contributed by atoms with E-state index in [9.17, 15) is 13.2 Å². The minimum Gasteiger partial charge on any atom is -0.497 e. The van der Waals surface area contributed by atoms with E-state index in [1.165, 1.54) is 38.3 Å². The quantitative estimate of drug-likeness (QED) is 0.767. The number of carbonyl (C=O) groups excluding carboxylic acids is 1. The summed E-state index contributed by atoms with van der Waals surface area (Å²) in [4.78, 5) is 10.8. The van der Waals surface area contributed by atoms with Gasteiger partial charge in [-0.1, -0.05) is 0 Å². The minimum absolute atomic E-state index is 0.0476. The molecule has 0 radical (unpaired) electrons. The highest BCUT2D eigenvalue weighted by Crippen LogP contribution is 2.15. The van der Waals surface area contributed by atoms with Crippen molar-refractivity contribution in [2.45, 2.75) is 17.9 Å². The first-order chi connectivity index (χ1) is 7.86. The van der Waals surface area contributed by atoms with Gasteiger partial charge in [0.1, 0.15) is 5.75 Å². The Morgan fingerprint density at radius 1 is 1.35 bits per heavy atom. The number of primary amides is 1. The second-order valence-corrected chi connectivity index (χ2v) is 5.13. The van der Waals surface area contributed by atoms with Gasteiger partial charge in [-0.15, -0.1) is 0 Å². The zero-order chi connectivity index (χ0) is 13.1. The van der Waals surface area contributed by atoms with Crippen LogP contribution >= 0.6 is 0 Å². The molecule has 1 aromatic rings. The van der Waals surface area contributed by atoms with Crippen LogP contribution in [0.25, 0.3) is 0 Å². The fourth-order valence-corrected chi connectivity index (χ4v) is 2.33. The molecule has 0 fully saturated rings. The van der Waals surface area contributed by atoms with E-state index in [0.717, 1.165) is 0 Å². The van der Waals surface area contributed by atoms with Crippen LogP contribution in [0.4, 0.5) is 0 Å². The third kappa shape index (κ3) is 3.43. The van der Waals surface area contributed by atoms with Crippen LogP contribution in [0, 0.1) is 0 Å². The lowest BCUT2D eigenvalue weighted by atomic mass is 10.3. The first-order valence-corrected chi connectivity index (χ1v) is 6.31. The van der Waals surface area contributed by atoms with E-state index in [4.69, 9.17) is 10.5 Å². The van der Waals surface area contributed by atoms with Crippen LogP contribution in [-0.4, -0.2) is 27.5 Å². The van der Waals surface area contributed by atoms with Crippen LogP contribution in [0.3, 0.4) is 0 Å². The highest BCUT2D eigenvalue weighted by molar-refractivity contribution is 7.89. The summed E-state index contributed by atoms with van der Waals surface area (Å²) in [5.74, 6) is -0.186.